The van der Waals surface area contributed by atoms with Crippen molar-refractivity contribution in [2.75, 3.05) is 0 Å². The summed E-state index contributed by atoms with van der Waals surface area (Å²) in [7, 11) is 0. The second-order valence-electron chi connectivity index (χ2n) is 12.1. The molecule has 0 amide bonds. The van der Waals surface area contributed by atoms with Gasteiger partial charge in [0.05, 0.1) is 33.7 Å². The summed E-state index contributed by atoms with van der Waals surface area (Å²) in [5, 5.41) is 11.2. The number of nitrogens with zero attached hydrogens (tertiary/aromatic N) is 3. The highest BCUT2D eigenvalue weighted by atomic mass is 19.4. The van der Waals surface area contributed by atoms with Crippen LogP contribution in [0.25, 0.3) is 33.1 Å². The molecule has 7 rings (SSSR count). The van der Waals surface area contributed by atoms with Gasteiger partial charge in [-0.1, -0.05) is 67.4 Å². The van der Waals surface area contributed by atoms with Crippen LogP contribution in [-0.4, -0.2) is 25.6 Å². The van der Waals surface area contributed by atoms with Crippen molar-refractivity contribution in [2.45, 2.75) is 50.9 Å². The molecule has 1 fully saturated rings. The number of alkyl halides is 3. The highest BCUT2D eigenvalue weighted by Gasteiger charge is 2.35. The molecule has 6 nitrogen and oxygen atoms in total. The number of aromatic nitrogens is 3. The van der Waals surface area contributed by atoms with E-state index >= 15 is 0 Å². The van der Waals surface area contributed by atoms with Gasteiger partial charge in [0.15, 0.2) is 0 Å². The Morgan fingerprint density at radius 3 is 2.45 bits per heavy atom. The number of pyridine rings is 1. The van der Waals surface area contributed by atoms with Crippen molar-refractivity contribution in [3.63, 3.8) is 0 Å². The Morgan fingerprint density at radius 1 is 0.830 bits per heavy atom. The van der Waals surface area contributed by atoms with Crippen molar-refractivity contribution < 1.29 is 27.8 Å². The molecule has 0 aliphatic heterocycles. The third kappa shape index (κ3) is 6.43. The second kappa shape index (κ2) is 12.5. The number of hydrogen-bond donors (Lipinski definition) is 1. The summed E-state index contributed by atoms with van der Waals surface area (Å²) in [4.78, 5) is 22.1. The van der Waals surface area contributed by atoms with Crippen molar-refractivity contribution in [1.82, 2.24) is 14.5 Å². The molecule has 238 valence electrons. The number of aliphatic carboxylic acids is 1. The average Bonchev–Trinajstić information content (AvgIpc) is 3.44. The first-order valence-corrected chi connectivity index (χ1v) is 15.7. The van der Waals surface area contributed by atoms with Crippen LogP contribution in [0.4, 0.5) is 13.2 Å². The summed E-state index contributed by atoms with van der Waals surface area (Å²) >= 11 is 0. The molecule has 0 radical (unpaired) electrons. The lowest BCUT2D eigenvalue weighted by Gasteiger charge is -2.28. The summed E-state index contributed by atoms with van der Waals surface area (Å²) in [5.74, 6) is -0.248. The summed E-state index contributed by atoms with van der Waals surface area (Å²) < 4.78 is 47.6. The van der Waals surface area contributed by atoms with E-state index in [1.54, 1.807) is 0 Å². The quantitative estimate of drug-likeness (QED) is 0.180. The predicted octanol–water partition coefficient (Wildman–Crippen LogP) is 9.26. The maximum absolute atomic E-state index is 13.1. The van der Waals surface area contributed by atoms with Crippen LogP contribution in [0.5, 0.6) is 5.75 Å². The van der Waals surface area contributed by atoms with Gasteiger partial charge in [-0.15, -0.1) is 0 Å². The fourth-order valence-electron chi connectivity index (χ4n) is 6.63. The second-order valence-corrected chi connectivity index (χ2v) is 12.1. The van der Waals surface area contributed by atoms with Crippen LogP contribution >= 0.6 is 0 Å². The molecule has 1 aliphatic rings. The molecule has 4 aromatic carbocycles. The average molecular weight is 636 g/mol. The molecule has 1 saturated carbocycles. The maximum atomic E-state index is 13.1. The van der Waals surface area contributed by atoms with Gasteiger partial charge in [-0.3, -0.25) is 4.79 Å². The molecule has 2 aromatic heterocycles. The van der Waals surface area contributed by atoms with E-state index in [1.807, 2.05) is 78.9 Å². The monoisotopic (exact) mass is 635 g/mol. The number of imidazole rings is 1. The summed E-state index contributed by atoms with van der Waals surface area (Å²) in [6, 6.07) is 30.4. The van der Waals surface area contributed by atoms with E-state index in [2.05, 4.69) is 4.57 Å². The van der Waals surface area contributed by atoms with E-state index < -0.39 is 23.6 Å². The van der Waals surface area contributed by atoms with Crippen LogP contribution in [0, 0.1) is 5.92 Å². The first kappa shape index (κ1) is 30.5. The largest absolute Gasteiger partial charge is 0.487 e. The lowest BCUT2D eigenvalue weighted by Crippen LogP contribution is -2.27. The molecule has 9 heteroatoms. The van der Waals surface area contributed by atoms with Crippen molar-refractivity contribution in [3.05, 3.63) is 126 Å². The molecular formula is C38H32F3N3O3. The molecule has 2 atom stereocenters. The zero-order valence-corrected chi connectivity index (χ0v) is 25.5. The van der Waals surface area contributed by atoms with E-state index in [1.165, 1.54) is 12.1 Å². The fourth-order valence-corrected chi connectivity index (χ4v) is 6.63. The zero-order valence-electron chi connectivity index (χ0n) is 25.5. The molecule has 0 spiro atoms. The standard InChI is InChI=1S/C38H32F3N3O3/c39-38(40,41)28-15-12-25(13-16-28)27-8-5-6-24(20-27)22-44-35-19-18-30(47-23-29-17-14-26-7-1-4-11-33(26)42-29)21-34(35)43-36(44)31-9-2-3-10-32(31)37(45)46/h1,4-8,11-21,31-32H,2-3,9-10,22-23H2,(H,45,46)/t31-,32?/m1/s1. The number of hydrogen-bond acceptors (Lipinski definition) is 4. The highest BCUT2D eigenvalue weighted by molar-refractivity contribution is 5.80. The van der Waals surface area contributed by atoms with Gasteiger partial charge in [0.1, 0.15) is 18.2 Å². The smallest absolute Gasteiger partial charge is 0.416 e. The number of benzene rings is 4. The van der Waals surface area contributed by atoms with E-state index in [0.29, 0.717) is 29.8 Å². The molecule has 6 aromatic rings. The van der Waals surface area contributed by atoms with Gasteiger partial charge < -0.3 is 14.4 Å². The molecule has 2 heterocycles. The number of ether oxygens (including phenoxy) is 1. The van der Waals surface area contributed by atoms with Crippen molar-refractivity contribution in [3.8, 4) is 16.9 Å². The molecule has 47 heavy (non-hydrogen) atoms. The Hall–Kier alpha value is -5.18. The van der Waals surface area contributed by atoms with E-state index in [0.717, 1.165) is 70.5 Å². The molecular weight excluding hydrogens is 603 g/mol. The van der Waals surface area contributed by atoms with E-state index in [-0.39, 0.29) is 12.5 Å². The van der Waals surface area contributed by atoms with Gasteiger partial charge in [-0.25, -0.2) is 9.97 Å². The molecule has 1 unspecified atom stereocenters. The Kier molecular flexibility index (Phi) is 8.14. The van der Waals surface area contributed by atoms with Crippen LogP contribution in [-0.2, 0) is 24.1 Å². The summed E-state index contributed by atoms with van der Waals surface area (Å²) in [6.07, 6.45) is -1.29. The van der Waals surface area contributed by atoms with Crippen molar-refractivity contribution in [1.29, 1.82) is 0 Å². The highest BCUT2D eigenvalue weighted by Crippen LogP contribution is 2.40. The molecule has 0 saturated heterocycles. The predicted molar refractivity (Wildman–Crippen MR) is 174 cm³/mol. The third-order valence-corrected chi connectivity index (χ3v) is 9.02. The Bertz CT molecular complexity index is 2070. The van der Waals surface area contributed by atoms with Crippen molar-refractivity contribution >= 4 is 27.9 Å². The van der Waals surface area contributed by atoms with Gasteiger partial charge in [0.2, 0.25) is 0 Å². The minimum atomic E-state index is -4.40. The van der Waals surface area contributed by atoms with E-state index in [4.69, 9.17) is 14.7 Å². The number of halogens is 3. The van der Waals surface area contributed by atoms with Crippen LogP contribution in [0.3, 0.4) is 0 Å². The zero-order chi connectivity index (χ0) is 32.5. The SMILES string of the molecule is O=C(O)C1CCCC[C@H]1c1nc2cc(OCc3ccc4ccccc4n3)ccc2n1Cc1cccc(-c2ccc(C(F)(F)F)cc2)c1. The van der Waals surface area contributed by atoms with Gasteiger partial charge in [-0.2, -0.15) is 13.2 Å². The van der Waals surface area contributed by atoms with Gasteiger partial charge in [0.25, 0.3) is 0 Å². The van der Waals surface area contributed by atoms with Gasteiger partial charge in [-0.05, 0) is 72.0 Å². The normalized spacial score (nSPS) is 16.8. The molecule has 1 aliphatic carbocycles. The van der Waals surface area contributed by atoms with Crippen LogP contribution in [0.1, 0.15) is 54.2 Å². The van der Waals surface area contributed by atoms with Gasteiger partial charge in [0, 0.05) is 23.9 Å². The summed E-state index contributed by atoms with van der Waals surface area (Å²) in [6.45, 7) is 0.703. The van der Waals surface area contributed by atoms with Crippen LogP contribution < -0.4 is 4.74 Å². The molecule has 0 bridgehead atoms. The number of para-hydroxylation sites is 1. The number of carboxylic acid groups (broad SMARTS) is 1. The number of rotatable bonds is 8. The fraction of sp³-hybridized carbons (Fsp3) is 0.237. The summed E-state index contributed by atoms with van der Waals surface area (Å²) in [5.41, 5.74) is 4.96. The topological polar surface area (TPSA) is 77.2 Å². The Morgan fingerprint density at radius 2 is 1.64 bits per heavy atom. The van der Waals surface area contributed by atoms with Crippen LogP contribution in [0.2, 0.25) is 0 Å². The van der Waals surface area contributed by atoms with Crippen LogP contribution in [0.15, 0.2) is 103 Å². The molecule has 1 N–H and O–H groups in total. The lowest BCUT2D eigenvalue weighted by atomic mass is 9.78. The Labute approximate surface area is 269 Å². The maximum Gasteiger partial charge on any atom is 0.416 e. The number of fused-ring (bicyclic) bond motifs is 2. The first-order valence-electron chi connectivity index (χ1n) is 15.7. The van der Waals surface area contributed by atoms with E-state index in [9.17, 15) is 23.1 Å². The third-order valence-electron chi connectivity index (χ3n) is 9.02. The minimum Gasteiger partial charge on any atom is -0.487 e. The minimum absolute atomic E-state index is 0.252. The van der Waals surface area contributed by atoms with Gasteiger partial charge >= 0.3 is 12.1 Å². The lowest BCUT2D eigenvalue weighted by molar-refractivity contribution is -0.143. The number of carbonyl (C=O) groups is 1. The number of carboxylic acids is 1. The first-order chi connectivity index (χ1) is 22.7. The Balaban J connectivity index is 1.21. The van der Waals surface area contributed by atoms with Crippen molar-refractivity contribution in [2.24, 2.45) is 5.92 Å².